The van der Waals surface area contributed by atoms with Crippen molar-refractivity contribution in [3.63, 3.8) is 0 Å². The van der Waals surface area contributed by atoms with E-state index in [2.05, 4.69) is 48.7 Å². The highest BCUT2D eigenvalue weighted by atomic mass is 16.5. The summed E-state index contributed by atoms with van der Waals surface area (Å²) in [7, 11) is 0. The van der Waals surface area contributed by atoms with Gasteiger partial charge in [0.25, 0.3) is 5.69 Å². The Hall–Kier alpha value is -2.94. The zero-order chi connectivity index (χ0) is 19.2. The fraction of sp³-hybridized carbons (Fsp3) is 0.250. The first-order valence-corrected chi connectivity index (χ1v) is 9.53. The van der Waals surface area contributed by atoms with Crippen molar-refractivity contribution < 1.29 is 14.1 Å². The number of carbonyl (C=O) groups is 1. The number of ether oxygens (including phenoxy) is 1. The third-order valence-electron chi connectivity index (χ3n) is 4.80. The van der Waals surface area contributed by atoms with Gasteiger partial charge in [-0.15, -0.1) is 0 Å². The van der Waals surface area contributed by atoms with Crippen LogP contribution in [0.4, 0.5) is 0 Å². The maximum Gasteiger partial charge on any atom is 0.403 e. The van der Waals surface area contributed by atoms with Gasteiger partial charge in [-0.1, -0.05) is 55.5 Å². The van der Waals surface area contributed by atoms with Gasteiger partial charge in [0, 0.05) is 24.1 Å². The normalized spacial score (nSPS) is 11.8. The van der Waals surface area contributed by atoms with Crippen molar-refractivity contribution >= 4 is 5.97 Å². The van der Waals surface area contributed by atoms with Crippen LogP contribution in [0.1, 0.15) is 43.7 Å². The summed E-state index contributed by atoms with van der Waals surface area (Å²) in [5.41, 5.74) is 4.79. The van der Waals surface area contributed by atoms with Crippen LogP contribution in [0.25, 0.3) is 22.4 Å². The number of rotatable bonds is 6. The summed E-state index contributed by atoms with van der Waals surface area (Å²) < 4.78 is 7.50. The lowest BCUT2D eigenvalue weighted by Crippen LogP contribution is -2.46. The lowest BCUT2D eigenvalue weighted by molar-refractivity contribution is -0.711. The molecule has 1 aromatic heterocycles. The van der Waals surface area contributed by atoms with E-state index in [9.17, 15) is 4.79 Å². The highest BCUT2D eigenvalue weighted by Gasteiger charge is 2.30. The van der Waals surface area contributed by atoms with Gasteiger partial charge in [0.05, 0.1) is 6.61 Å². The van der Waals surface area contributed by atoms with Crippen molar-refractivity contribution in [2.45, 2.75) is 33.2 Å². The third-order valence-corrected chi connectivity index (χ3v) is 4.80. The van der Waals surface area contributed by atoms with E-state index >= 15 is 0 Å². The Bertz CT molecular complexity index is 904. The first-order valence-electron chi connectivity index (χ1n) is 9.53. The maximum atomic E-state index is 12.8. The molecule has 0 radical (unpaired) electrons. The van der Waals surface area contributed by atoms with Crippen molar-refractivity contribution in [3.05, 3.63) is 78.5 Å². The maximum absolute atomic E-state index is 12.8. The van der Waals surface area contributed by atoms with Gasteiger partial charge in [0.2, 0.25) is 5.69 Å². The number of benzene rings is 2. The minimum atomic E-state index is -0.284. The summed E-state index contributed by atoms with van der Waals surface area (Å²) in [6.07, 6.45) is 0.918. The Morgan fingerprint density at radius 3 is 2.04 bits per heavy atom. The predicted octanol–water partition coefficient (Wildman–Crippen LogP) is 5.46. The molecule has 27 heavy (non-hydrogen) atoms. The minimum absolute atomic E-state index is 0.171. The number of nitrogens with zero attached hydrogens (tertiary/aromatic N) is 1. The lowest BCUT2D eigenvalue weighted by Gasteiger charge is -2.15. The molecule has 1 heterocycles. The summed E-state index contributed by atoms with van der Waals surface area (Å²) in [6.45, 7) is 6.46. The van der Waals surface area contributed by atoms with E-state index in [1.807, 2.05) is 49.4 Å². The molecule has 2 aromatic carbocycles. The smallest absolute Gasteiger partial charge is 0.403 e. The van der Waals surface area contributed by atoms with Crippen molar-refractivity contribution in [1.29, 1.82) is 0 Å². The van der Waals surface area contributed by atoms with Crippen LogP contribution in [0, 0.1) is 0 Å². The van der Waals surface area contributed by atoms with Crippen LogP contribution < -0.4 is 4.57 Å². The van der Waals surface area contributed by atoms with Crippen molar-refractivity contribution in [2.24, 2.45) is 0 Å². The fourth-order valence-electron chi connectivity index (χ4n) is 3.25. The molecule has 0 amide bonds. The van der Waals surface area contributed by atoms with Gasteiger partial charge >= 0.3 is 5.97 Å². The molecule has 0 aliphatic carbocycles. The van der Waals surface area contributed by atoms with Crippen LogP contribution in [0.3, 0.4) is 0 Å². The Balaban J connectivity index is 2.31. The van der Waals surface area contributed by atoms with Crippen molar-refractivity contribution in [3.8, 4) is 22.4 Å². The van der Waals surface area contributed by atoms with Crippen LogP contribution >= 0.6 is 0 Å². The number of hydrogen-bond donors (Lipinski definition) is 0. The molecule has 0 bridgehead atoms. The predicted molar refractivity (Wildman–Crippen MR) is 108 cm³/mol. The Kier molecular flexibility index (Phi) is 6.02. The van der Waals surface area contributed by atoms with Gasteiger partial charge in [0.1, 0.15) is 0 Å². The summed E-state index contributed by atoms with van der Waals surface area (Å²) in [5.74, 6) is -0.284. The molecule has 3 aromatic rings. The number of aromatic nitrogens is 1. The number of carbonyl (C=O) groups excluding carboxylic acids is 1. The van der Waals surface area contributed by atoms with Gasteiger partial charge in [-0.25, -0.2) is 4.79 Å². The molecular weight excluding hydrogens is 334 g/mol. The Labute approximate surface area is 161 Å². The SMILES string of the molecule is CCOC(=O)c1cc(-c2ccccc2)cc(-c2ccccc2)[n+]1[C@@H](C)CC. The van der Waals surface area contributed by atoms with Crippen LogP contribution in [-0.2, 0) is 4.74 Å². The third kappa shape index (κ3) is 4.08. The first-order chi connectivity index (χ1) is 13.2. The second-order valence-electron chi connectivity index (χ2n) is 6.59. The summed E-state index contributed by atoms with van der Waals surface area (Å²) in [5, 5.41) is 0. The molecule has 1 atom stereocenters. The Morgan fingerprint density at radius 2 is 1.48 bits per heavy atom. The topological polar surface area (TPSA) is 30.2 Å². The zero-order valence-electron chi connectivity index (χ0n) is 16.2. The summed E-state index contributed by atoms with van der Waals surface area (Å²) >= 11 is 0. The van der Waals surface area contributed by atoms with E-state index in [0.717, 1.165) is 28.8 Å². The van der Waals surface area contributed by atoms with E-state index in [-0.39, 0.29) is 12.0 Å². The molecule has 3 rings (SSSR count). The molecule has 0 saturated heterocycles. The van der Waals surface area contributed by atoms with Gasteiger partial charge in [-0.3, -0.25) is 0 Å². The average Bonchev–Trinajstić information content (AvgIpc) is 2.73. The number of esters is 1. The summed E-state index contributed by atoms with van der Waals surface area (Å²) in [6, 6.07) is 24.6. The number of hydrogen-bond acceptors (Lipinski definition) is 2. The molecule has 0 aliphatic rings. The second-order valence-corrected chi connectivity index (χ2v) is 6.59. The molecule has 138 valence electrons. The molecule has 0 fully saturated rings. The van der Waals surface area contributed by atoms with E-state index < -0.39 is 0 Å². The lowest BCUT2D eigenvalue weighted by atomic mass is 10.00. The quantitative estimate of drug-likeness (QED) is 0.432. The molecule has 0 spiro atoms. The zero-order valence-corrected chi connectivity index (χ0v) is 16.2. The van der Waals surface area contributed by atoms with Gasteiger partial charge in [-0.2, -0.15) is 4.57 Å². The van der Waals surface area contributed by atoms with E-state index in [1.165, 1.54) is 0 Å². The molecular formula is C24H26NO2+. The Morgan fingerprint density at radius 1 is 0.889 bits per heavy atom. The highest BCUT2D eigenvalue weighted by molar-refractivity contribution is 5.88. The molecule has 3 nitrogen and oxygen atoms in total. The monoisotopic (exact) mass is 360 g/mol. The average molecular weight is 360 g/mol. The fourth-order valence-corrected chi connectivity index (χ4v) is 3.25. The van der Waals surface area contributed by atoms with Crippen molar-refractivity contribution in [1.82, 2.24) is 0 Å². The van der Waals surface area contributed by atoms with Gasteiger partial charge < -0.3 is 4.74 Å². The molecule has 0 N–H and O–H groups in total. The van der Waals surface area contributed by atoms with Gasteiger partial charge in [0.15, 0.2) is 6.04 Å². The first kappa shape index (κ1) is 18.8. The molecule has 0 unspecified atom stereocenters. The van der Waals surface area contributed by atoms with Gasteiger partial charge in [-0.05, 0) is 37.1 Å². The standard InChI is InChI=1S/C24H26NO2/c1-4-18(3)25-22(20-14-10-7-11-15-20)16-21(19-12-8-6-9-13-19)17-23(25)24(26)27-5-2/h6-18H,4-5H2,1-3H3/q+1/t18-/m0/s1. The largest absolute Gasteiger partial charge is 0.458 e. The van der Waals surface area contributed by atoms with Crippen LogP contribution in [0.2, 0.25) is 0 Å². The number of pyridine rings is 1. The second kappa shape index (κ2) is 8.63. The van der Waals surface area contributed by atoms with Crippen LogP contribution in [0.15, 0.2) is 72.8 Å². The molecule has 3 heteroatoms. The van der Waals surface area contributed by atoms with Crippen molar-refractivity contribution in [2.75, 3.05) is 6.61 Å². The summed E-state index contributed by atoms with van der Waals surface area (Å²) in [4.78, 5) is 12.8. The molecule has 0 saturated carbocycles. The van der Waals surface area contributed by atoms with Crippen LogP contribution in [-0.4, -0.2) is 12.6 Å². The highest BCUT2D eigenvalue weighted by Crippen LogP contribution is 2.27. The van der Waals surface area contributed by atoms with E-state index in [1.54, 1.807) is 0 Å². The van der Waals surface area contributed by atoms with Crippen LogP contribution in [0.5, 0.6) is 0 Å². The van der Waals surface area contributed by atoms with E-state index in [4.69, 9.17) is 4.74 Å². The molecule has 0 aliphatic heterocycles. The van der Waals surface area contributed by atoms with E-state index in [0.29, 0.717) is 12.3 Å². The minimum Gasteiger partial charge on any atom is -0.458 e.